The van der Waals surface area contributed by atoms with Crippen molar-refractivity contribution < 1.29 is 4.74 Å². The van der Waals surface area contributed by atoms with Crippen molar-refractivity contribution in [1.29, 1.82) is 0 Å². The SMILES string of the molecule is NCCCCN1CCN(CCC2CCCO2)CC1. The lowest BCUT2D eigenvalue weighted by molar-refractivity contribution is 0.0773. The average molecular weight is 255 g/mol. The van der Waals surface area contributed by atoms with E-state index in [0.29, 0.717) is 6.10 Å². The summed E-state index contributed by atoms with van der Waals surface area (Å²) < 4.78 is 5.68. The number of hydrogen-bond acceptors (Lipinski definition) is 4. The molecule has 2 N–H and O–H groups in total. The quantitative estimate of drug-likeness (QED) is 0.687. The van der Waals surface area contributed by atoms with E-state index in [1.165, 1.54) is 71.4 Å². The Hall–Kier alpha value is -0.160. The van der Waals surface area contributed by atoms with Crippen LogP contribution in [0.15, 0.2) is 0 Å². The first-order chi connectivity index (χ1) is 8.88. The fourth-order valence-corrected chi connectivity index (χ4v) is 2.91. The molecule has 18 heavy (non-hydrogen) atoms. The summed E-state index contributed by atoms with van der Waals surface area (Å²) in [7, 11) is 0. The molecule has 0 spiro atoms. The number of ether oxygens (including phenoxy) is 1. The Morgan fingerprint density at radius 3 is 2.33 bits per heavy atom. The van der Waals surface area contributed by atoms with E-state index in [-0.39, 0.29) is 0 Å². The van der Waals surface area contributed by atoms with Gasteiger partial charge in [-0.15, -0.1) is 0 Å². The molecule has 1 unspecified atom stereocenters. The summed E-state index contributed by atoms with van der Waals surface area (Å²) in [4.78, 5) is 5.18. The van der Waals surface area contributed by atoms with Crippen LogP contribution in [0.2, 0.25) is 0 Å². The van der Waals surface area contributed by atoms with E-state index >= 15 is 0 Å². The van der Waals surface area contributed by atoms with Crippen molar-refractivity contribution in [2.45, 2.75) is 38.2 Å². The van der Waals surface area contributed by atoms with E-state index in [1.807, 2.05) is 0 Å². The molecule has 4 heteroatoms. The third-order valence-corrected chi connectivity index (χ3v) is 4.18. The van der Waals surface area contributed by atoms with Gasteiger partial charge in [-0.25, -0.2) is 0 Å². The van der Waals surface area contributed by atoms with Crippen LogP contribution in [0.5, 0.6) is 0 Å². The van der Waals surface area contributed by atoms with Crippen molar-refractivity contribution in [1.82, 2.24) is 9.80 Å². The standard InChI is InChI=1S/C14H29N3O/c15-6-1-2-7-16-9-11-17(12-10-16)8-5-14-4-3-13-18-14/h14H,1-13,15H2. The van der Waals surface area contributed by atoms with E-state index in [0.717, 1.165) is 13.2 Å². The van der Waals surface area contributed by atoms with Crippen molar-refractivity contribution >= 4 is 0 Å². The maximum atomic E-state index is 5.68. The molecule has 106 valence electrons. The smallest absolute Gasteiger partial charge is 0.0588 e. The zero-order valence-electron chi connectivity index (χ0n) is 11.6. The summed E-state index contributed by atoms with van der Waals surface area (Å²) in [6.07, 6.45) is 6.74. The molecular formula is C14H29N3O. The number of nitrogens with two attached hydrogens (primary N) is 1. The highest BCUT2D eigenvalue weighted by molar-refractivity contribution is 4.74. The summed E-state index contributed by atoms with van der Waals surface area (Å²) >= 11 is 0. The van der Waals surface area contributed by atoms with E-state index in [9.17, 15) is 0 Å². The second-order valence-electron chi connectivity index (χ2n) is 5.60. The third-order valence-electron chi connectivity index (χ3n) is 4.18. The maximum Gasteiger partial charge on any atom is 0.0588 e. The molecule has 0 aromatic heterocycles. The molecule has 0 radical (unpaired) electrons. The zero-order chi connectivity index (χ0) is 12.6. The summed E-state index contributed by atoms with van der Waals surface area (Å²) in [6.45, 7) is 9.20. The van der Waals surface area contributed by atoms with Crippen LogP contribution in [-0.2, 0) is 4.74 Å². The molecule has 2 aliphatic rings. The zero-order valence-corrected chi connectivity index (χ0v) is 11.6. The average Bonchev–Trinajstić information content (AvgIpc) is 2.91. The minimum absolute atomic E-state index is 0.549. The minimum atomic E-state index is 0.549. The molecule has 0 aliphatic carbocycles. The molecule has 0 amide bonds. The van der Waals surface area contributed by atoms with Crippen LogP contribution < -0.4 is 5.73 Å². The Morgan fingerprint density at radius 2 is 1.72 bits per heavy atom. The second-order valence-corrected chi connectivity index (χ2v) is 5.60. The van der Waals surface area contributed by atoms with Crippen molar-refractivity contribution in [3.63, 3.8) is 0 Å². The topological polar surface area (TPSA) is 41.7 Å². The van der Waals surface area contributed by atoms with Crippen LogP contribution in [0.1, 0.15) is 32.1 Å². The Balaban J connectivity index is 1.52. The Kier molecular flexibility index (Phi) is 6.41. The lowest BCUT2D eigenvalue weighted by atomic mass is 10.1. The van der Waals surface area contributed by atoms with Gasteiger partial charge in [0, 0.05) is 39.3 Å². The van der Waals surface area contributed by atoms with Crippen LogP contribution in [-0.4, -0.2) is 68.3 Å². The van der Waals surface area contributed by atoms with Gasteiger partial charge in [-0.2, -0.15) is 0 Å². The molecule has 0 aromatic rings. The normalized spacial score (nSPS) is 26.8. The molecule has 2 rings (SSSR count). The summed E-state index contributed by atoms with van der Waals surface area (Å²) in [5.41, 5.74) is 5.53. The molecule has 2 heterocycles. The molecule has 0 saturated carbocycles. The van der Waals surface area contributed by atoms with E-state index in [2.05, 4.69) is 9.80 Å². The van der Waals surface area contributed by atoms with Gasteiger partial charge in [-0.1, -0.05) is 0 Å². The van der Waals surface area contributed by atoms with Crippen LogP contribution in [0, 0.1) is 0 Å². The Morgan fingerprint density at radius 1 is 1.00 bits per heavy atom. The van der Waals surface area contributed by atoms with Crippen LogP contribution in [0.4, 0.5) is 0 Å². The first kappa shape index (κ1) is 14.3. The van der Waals surface area contributed by atoms with Gasteiger partial charge in [0.15, 0.2) is 0 Å². The first-order valence-corrected chi connectivity index (χ1v) is 7.65. The van der Waals surface area contributed by atoms with Crippen molar-refractivity contribution in [2.24, 2.45) is 5.73 Å². The first-order valence-electron chi connectivity index (χ1n) is 7.65. The number of unbranched alkanes of at least 4 members (excludes halogenated alkanes) is 1. The van der Waals surface area contributed by atoms with Crippen LogP contribution in [0.25, 0.3) is 0 Å². The summed E-state index contributed by atoms with van der Waals surface area (Å²) in [6, 6.07) is 0. The number of nitrogens with zero attached hydrogens (tertiary/aromatic N) is 2. The van der Waals surface area contributed by atoms with Crippen molar-refractivity contribution in [3.8, 4) is 0 Å². The highest BCUT2D eigenvalue weighted by Gasteiger charge is 2.19. The molecule has 2 fully saturated rings. The molecular weight excluding hydrogens is 226 g/mol. The molecule has 4 nitrogen and oxygen atoms in total. The lowest BCUT2D eigenvalue weighted by Gasteiger charge is -2.35. The van der Waals surface area contributed by atoms with Gasteiger partial charge in [0.2, 0.25) is 0 Å². The van der Waals surface area contributed by atoms with Crippen molar-refractivity contribution in [2.75, 3.05) is 52.4 Å². The minimum Gasteiger partial charge on any atom is -0.378 e. The molecule has 2 saturated heterocycles. The fraction of sp³-hybridized carbons (Fsp3) is 1.00. The Bertz CT molecular complexity index is 211. The number of hydrogen-bond donors (Lipinski definition) is 1. The third kappa shape index (κ3) is 4.84. The molecule has 0 bridgehead atoms. The van der Waals surface area contributed by atoms with Gasteiger partial charge in [0.05, 0.1) is 6.10 Å². The van der Waals surface area contributed by atoms with Gasteiger partial charge in [-0.3, -0.25) is 0 Å². The monoisotopic (exact) mass is 255 g/mol. The molecule has 2 aliphatic heterocycles. The fourth-order valence-electron chi connectivity index (χ4n) is 2.91. The number of rotatable bonds is 7. The predicted octanol–water partition coefficient (Wildman–Crippen LogP) is 0.912. The van der Waals surface area contributed by atoms with Gasteiger partial charge in [-0.05, 0) is 45.2 Å². The highest BCUT2D eigenvalue weighted by Crippen LogP contribution is 2.16. The lowest BCUT2D eigenvalue weighted by Crippen LogP contribution is -2.47. The molecule has 0 aromatic carbocycles. The highest BCUT2D eigenvalue weighted by atomic mass is 16.5. The maximum absolute atomic E-state index is 5.68. The van der Waals surface area contributed by atoms with Gasteiger partial charge in [0.25, 0.3) is 0 Å². The number of piperazine rings is 1. The predicted molar refractivity (Wildman–Crippen MR) is 74.8 cm³/mol. The van der Waals surface area contributed by atoms with E-state index < -0.39 is 0 Å². The van der Waals surface area contributed by atoms with E-state index in [4.69, 9.17) is 10.5 Å². The largest absolute Gasteiger partial charge is 0.378 e. The molecule has 1 atom stereocenters. The van der Waals surface area contributed by atoms with Crippen LogP contribution in [0.3, 0.4) is 0 Å². The summed E-state index contributed by atoms with van der Waals surface area (Å²) in [5.74, 6) is 0. The Labute approximate surface area is 111 Å². The summed E-state index contributed by atoms with van der Waals surface area (Å²) in [5, 5.41) is 0. The van der Waals surface area contributed by atoms with E-state index in [1.54, 1.807) is 0 Å². The second kappa shape index (κ2) is 8.10. The van der Waals surface area contributed by atoms with Gasteiger partial charge < -0.3 is 20.3 Å². The van der Waals surface area contributed by atoms with Gasteiger partial charge >= 0.3 is 0 Å². The van der Waals surface area contributed by atoms with Crippen molar-refractivity contribution in [3.05, 3.63) is 0 Å². The van der Waals surface area contributed by atoms with Gasteiger partial charge in [0.1, 0.15) is 0 Å². The van der Waals surface area contributed by atoms with Crippen LogP contribution >= 0.6 is 0 Å².